The van der Waals surface area contributed by atoms with Crippen molar-refractivity contribution in [3.63, 3.8) is 0 Å². The number of rotatable bonds is 5. The van der Waals surface area contributed by atoms with Gasteiger partial charge in [0.2, 0.25) is 0 Å². The Morgan fingerprint density at radius 1 is 1.04 bits per heavy atom. The number of hydrogen-bond acceptors (Lipinski definition) is 5. The molecule has 3 rings (SSSR count). The van der Waals surface area contributed by atoms with Crippen LogP contribution in [0.15, 0.2) is 58.7 Å². The SMILES string of the molecule is Nc1ccc(C(=O)Nc2ccc(SCC(O)=C3CCCC3)cc2)cc1N. The molecule has 1 saturated carbocycles. The fourth-order valence-corrected chi connectivity index (χ4v) is 3.73. The summed E-state index contributed by atoms with van der Waals surface area (Å²) in [5.41, 5.74) is 14.6. The maximum atomic E-state index is 12.3. The fourth-order valence-electron chi connectivity index (χ4n) is 2.90. The Kier molecular flexibility index (Phi) is 5.73. The van der Waals surface area contributed by atoms with Crippen LogP contribution in [0.3, 0.4) is 0 Å². The van der Waals surface area contributed by atoms with Gasteiger partial charge in [0, 0.05) is 16.1 Å². The van der Waals surface area contributed by atoms with Crippen LogP contribution < -0.4 is 16.8 Å². The summed E-state index contributed by atoms with van der Waals surface area (Å²) in [4.78, 5) is 13.3. The van der Waals surface area contributed by atoms with Crippen molar-refractivity contribution in [2.45, 2.75) is 30.6 Å². The molecule has 0 aliphatic heterocycles. The molecule has 0 saturated heterocycles. The van der Waals surface area contributed by atoms with Gasteiger partial charge in [-0.2, -0.15) is 0 Å². The van der Waals surface area contributed by atoms with Crippen molar-refractivity contribution in [3.8, 4) is 0 Å². The number of allylic oxidation sites excluding steroid dienone is 1. The minimum atomic E-state index is -0.235. The number of hydrogen-bond donors (Lipinski definition) is 4. The molecule has 0 radical (unpaired) electrons. The normalized spacial score (nSPS) is 13.6. The Bertz CT molecular complexity index is 823. The van der Waals surface area contributed by atoms with Gasteiger partial charge in [0.1, 0.15) is 5.76 Å². The van der Waals surface area contributed by atoms with Crippen molar-refractivity contribution in [2.75, 3.05) is 22.5 Å². The molecule has 1 aliphatic carbocycles. The number of aliphatic hydroxyl groups excluding tert-OH is 1. The monoisotopic (exact) mass is 369 g/mol. The summed E-state index contributed by atoms with van der Waals surface area (Å²) >= 11 is 1.59. The number of amides is 1. The minimum Gasteiger partial charge on any atom is -0.511 e. The molecule has 6 N–H and O–H groups in total. The van der Waals surface area contributed by atoms with Gasteiger partial charge in [0.15, 0.2) is 0 Å². The third-order valence-electron chi connectivity index (χ3n) is 4.45. The Hall–Kier alpha value is -2.60. The number of thioether (sulfide) groups is 1. The van der Waals surface area contributed by atoms with E-state index >= 15 is 0 Å². The highest BCUT2D eigenvalue weighted by molar-refractivity contribution is 7.99. The van der Waals surface area contributed by atoms with Gasteiger partial charge in [0.05, 0.1) is 17.1 Å². The number of nitrogens with two attached hydrogens (primary N) is 2. The molecule has 0 unspecified atom stereocenters. The number of nitrogens with one attached hydrogen (secondary N) is 1. The highest BCUT2D eigenvalue weighted by Crippen LogP contribution is 2.29. The average molecular weight is 369 g/mol. The van der Waals surface area contributed by atoms with Crippen LogP contribution in [0.2, 0.25) is 0 Å². The third kappa shape index (κ3) is 4.52. The molecule has 2 aromatic rings. The van der Waals surface area contributed by atoms with E-state index < -0.39 is 0 Å². The summed E-state index contributed by atoms with van der Waals surface area (Å²) in [7, 11) is 0. The first-order chi connectivity index (χ1) is 12.5. The summed E-state index contributed by atoms with van der Waals surface area (Å²) in [5.74, 6) is 0.873. The van der Waals surface area contributed by atoms with Crippen LogP contribution >= 0.6 is 11.8 Å². The molecule has 5 nitrogen and oxygen atoms in total. The molecule has 6 heteroatoms. The summed E-state index contributed by atoms with van der Waals surface area (Å²) < 4.78 is 0. The Morgan fingerprint density at radius 3 is 2.38 bits per heavy atom. The van der Waals surface area contributed by atoms with Crippen LogP contribution in [0, 0.1) is 0 Å². The van der Waals surface area contributed by atoms with Gasteiger partial charge in [-0.3, -0.25) is 4.79 Å². The lowest BCUT2D eigenvalue weighted by atomic mass is 10.1. The molecule has 0 aromatic heterocycles. The quantitative estimate of drug-likeness (QED) is 0.351. The first kappa shape index (κ1) is 18.2. The van der Waals surface area contributed by atoms with Crippen molar-refractivity contribution in [1.82, 2.24) is 0 Å². The van der Waals surface area contributed by atoms with E-state index in [1.165, 1.54) is 18.4 Å². The second-order valence-corrected chi connectivity index (χ2v) is 7.42. The molecule has 1 fully saturated rings. The Morgan fingerprint density at radius 2 is 1.73 bits per heavy atom. The maximum Gasteiger partial charge on any atom is 0.255 e. The van der Waals surface area contributed by atoms with E-state index in [1.807, 2.05) is 24.3 Å². The molecule has 136 valence electrons. The lowest BCUT2D eigenvalue weighted by molar-refractivity contribution is 0.102. The van der Waals surface area contributed by atoms with Gasteiger partial charge in [-0.1, -0.05) is 0 Å². The van der Waals surface area contributed by atoms with Crippen LogP contribution in [-0.4, -0.2) is 16.8 Å². The van der Waals surface area contributed by atoms with Crippen LogP contribution in [0.1, 0.15) is 36.0 Å². The van der Waals surface area contributed by atoms with Gasteiger partial charge in [-0.15, -0.1) is 11.8 Å². The fraction of sp³-hybridized carbons (Fsp3) is 0.250. The van der Waals surface area contributed by atoms with Gasteiger partial charge in [-0.05, 0) is 73.7 Å². The van der Waals surface area contributed by atoms with Crippen LogP contribution in [0.5, 0.6) is 0 Å². The Labute approximate surface area is 157 Å². The number of benzene rings is 2. The van der Waals surface area contributed by atoms with E-state index in [4.69, 9.17) is 11.5 Å². The van der Waals surface area contributed by atoms with Crippen molar-refractivity contribution >= 4 is 34.7 Å². The van der Waals surface area contributed by atoms with E-state index in [0.717, 1.165) is 17.7 Å². The first-order valence-corrected chi connectivity index (χ1v) is 9.60. The van der Waals surface area contributed by atoms with Gasteiger partial charge < -0.3 is 21.9 Å². The topological polar surface area (TPSA) is 101 Å². The number of carbonyl (C=O) groups is 1. The molecule has 0 atom stereocenters. The number of aliphatic hydroxyl groups is 1. The average Bonchev–Trinajstić information content (AvgIpc) is 3.18. The first-order valence-electron chi connectivity index (χ1n) is 8.62. The molecular weight excluding hydrogens is 346 g/mol. The zero-order valence-electron chi connectivity index (χ0n) is 14.5. The second-order valence-electron chi connectivity index (χ2n) is 6.37. The zero-order chi connectivity index (χ0) is 18.5. The molecule has 26 heavy (non-hydrogen) atoms. The highest BCUT2D eigenvalue weighted by atomic mass is 32.2. The predicted octanol–water partition coefficient (Wildman–Crippen LogP) is 4.58. The summed E-state index contributed by atoms with van der Waals surface area (Å²) in [6.07, 6.45) is 4.40. The number of carbonyl (C=O) groups excluding carboxylic acids is 1. The third-order valence-corrected chi connectivity index (χ3v) is 5.48. The lowest BCUT2D eigenvalue weighted by Crippen LogP contribution is -2.12. The Balaban J connectivity index is 1.58. The van der Waals surface area contributed by atoms with Crippen LogP contribution in [-0.2, 0) is 0 Å². The maximum absolute atomic E-state index is 12.3. The summed E-state index contributed by atoms with van der Waals surface area (Å²) in [5, 5.41) is 13.0. The van der Waals surface area contributed by atoms with Crippen molar-refractivity contribution in [3.05, 3.63) is 59.4 Å². The van der Waals surface area contributed by atoms with E-state index in [2.05, 4.69) is 5.32 Å². The van der Waals surface area contributed by atoms with Crippen molar-refractivity contribution in [2.24, 2.45) is 0 Å². The zero-order valence-corrected chi connectivity index (χ0v) is 15.3. The van der Waals surface area contributed by atoms with E-state index in [1.54, 1.807) is 30.0 Å². The largest absolute Gasteiger partial charge is 0.511 e. The van der Waals surface area contributed by atoms with Gasteiger partial charge in [-0.25, -0.2) is 0 Å². The second kappa shape index (κ2) is 8.19. The molecule has 0 bridgehead atoms. The van der Waals surface area contributed by atoms with Crippen LogP contribution in [0.25, 0.3) is 0 Å². The molecule has 1 aliphatic rings. The van der Waals surface area contributed by atoms with Crippen molar-refractivity contribution < 1.29 is 9.90 Å². The van der Waals surface area contributed by atoms with Crippen LogP contribution in [0.4, 0.5) is 17.1 Å². The standard InChI is InChI=1S/C20H23N3O2S/c21-17-10-5-14(11-18(17)22)20(25)23-15-6-8-16(9-7-15)26-12-19(24)13-3-1-2-4-13/h5-11,24H,1-4,12,21-22H2,(H,23,25). The number of nitrogen functional groups attached to an aromatic ring is 2. The molecule has 0 spiro atoms. The van der Waals surface area contributed by atoms with Crippen molar-refractivity contribution in [1.29, 1.82) is 0 Å². The summed E-state index contributed by atoms with van der Waals surface area (Å²) in [6, 6.07) is 12.4. The molecule has 2 aromatic carbocycles. The number of anilines is 3. The minimum absolute atomic E-state index is 0.235. The van der Waals surface area contributed by atoms with Gasteiger partial charge >= 0.3 is 0 Å². The van der Waals surface area contributed by atoms with E-state index in [0.29, 0.717) is 34.1 Å². The summed E-state index contributed by atoms with van der Waals surface area (Å²) in [6.45, 7) is 0. The van der Waals surface area contributed by atoms with Gasteiger partial charge in [0.25, 0.3) is 5.91 Å². The van der Waals surface area contributed by atoms with E-state index in [9.17, 15) is 9.90 Å². The molecule has 1 amide bonds. The molecular formula is C20H23N3O2S. The smallest absolute Gasteiger partial charge is 0.255 e. The predicted molar refractivity (Wildman–Crippen MR) is 109 cm³/mol. The molecule has 0 heterocycles. The lowest BCUT2D eigenvalue weighted by Gasteiger charge is -2.08. The van der Waals surface area contributed by atoms with E-state index in [-0.39, 0.29) is 5.91 Å². The highest BCUT2D eigenvalue weighted by Gasteiger charge is 2.12.